The number of carbonyl (C=O) groups excluding carboxylic acids is 1. The standard InChI is InChI=1S/C12H10N2O3S2/c15-12-11-8(7-13-12)3-1-4-9(11)14-19(16,17)10-5-2-6-18-10/h1-6,14H,7H2,(H,13,15). The van der Waals surface area contributed by atoms with Crippen molar-refractivity contribution in [3.8, 4) is 0 Å². The minimum absolute atomic E-state index is 0.225. The first-order valence-electron chi connectivity index (χ1n) is 5.54. The van der Waals surface area contributed by atoms with Crippen molar-refractivity contribution in [3.63, 3.8) is 0 Å². The predicted molar refractivity (Wildman–Crippen MR) is 72.7 cm³/mol. The Morgan fingerprint density at radius 2 is 2.05 bits per heavy atom. The lowest BCUT2D eigenvalue weighted by Gasteiger charge is -2.09. The third-order valence-electron chi connectivity index (χ3n) is 2.82. The van der Waals surface area contributed by atoms with Crippen LogP contribution in [0.5, 0.6) is 0 Å². The van der Waals surface area contributed by atoms with Crippen LogP contribution in [0.1, 0.15) is 15.9 Å². The molecule has 2 N–H and O–H groups in total. The van der Waals surface area contributed by atoms with Crippen molar-refractivity contribution in [1.82, 2.24) is 5.32 Å². The number of hydrogen-bond acceptors (Lipinski definition) is 4. The van der Waals surface area contributed by atoms with Crippen molar-refractivity contribution in [2.75, 3.05) is 4.72 Å². The van der Waals surface area contributed by atoms with E-state index in [0.717, 1.165) is 16.9 Å². The SMILES string of the molecule is O=C1NCc2cccc(NS(=O)(=O)c3cccs3)c21. The minimum Gasteiger partial charge on any atom is -0.348 e. The van der Waals surface area contributed by atoms with E-state index >= 15 is 0 Å². The first-order chi connectivity index (χ1) is 9.08. The summed E-state index contributed by atoms with van der Waals surface area (Å²) in [6.07, 6.45) is 0. The zero-order valence-corrected chi connectivity index (χ0v) is 11.3. The summed E-state index contributed by atoms with van der Waals surface area (Å²) in [7, 11) is -3.63. The van der Waals surface area contributed by atoms with Crippen LogP contribution in [-0.2, 0) is 16.6 Å². The van der Waals surface area contributed by atoms with Crippen molar-refractivity contribution in [2.24, 2.45) is 0 Å². The van der Waals surface area contributed by atoms with Crippen molar-refractivity contribution in [2.45, 2.75) is 10.8 Å². The third-order valence-corrected chi connectivity index (χ3v) is 5.58. The molecule has 98 valence electrons. The largest absolute Gasteiger partial charge is 0.348 e. The highest BCUT2D eigenvalue weighted by Crippen LogP contribution is 2.27. The fourth-order valence-electron chi connectivity index (χ4n) is 1.98. The van der Waals surface area contributed by atoms with E-state index in [1.807, 2.05) is 0 Å². The number of hydrogen-bond donors (Lipinski definition) is 2. The van der Waals surface area contributed by atoms with Gasteiger partial charge in [-0.2, -0.15) is 0 Å². The molecule has 0 aliphatic carbocycles. The average molecular weight is 294 g/mol. The van der Waals surface area contributed by atoms with Crippen molar-refractivity contribution in [3.05, 3.63) is 46.8 Å². The fraction of sp³-hybridized carbons (Fsp3) is 0.0833. The second-order valence-electron chi connectivity index (χ2n) is 4.06. The third kappa shape index (κ3) is 2.11. The van der Waals surface area contributed by atoms with E-state index in [4.69, 9.17) is 0 Å². The molecule has 0 saturated heterocycles. The van der Waals surface area contributed by atoms with Crippen LogP contribution in [0.3, 0.4) is 0 Å². The van der Waals surface area contributed by atoms with Gasteiger partial charge < -0.3 is 5.32 Å². The highest BCUT2D eigenvalue weighted by molar-refractivity contribution is 7.94. The molecule has 7 heteroatoms. The number of nitrogens with one attached hydrogen (secondary N) is 2. The number of thiophene rings is 1. The molecule has 0 spiro atoms. The average Bonchev–Trinajstić information content (AvgIpc) is 2.99. The molecule has 2 aromatic rings. The first kappa shape index (κ1) is 12.2. The van der Waals surface area contributed by atoms with Gasteiger partial charge in [-0.25, -0.2) is 8.42 Å². The van der Waals surface area contributed by atoms with Gasteiger partial charge in [0.25, 0.3) is 15.9 Å². The van der Waals surface area contributed by atoms with Gasteiger partial charge in [-0.15, -0.1) is 11.3 Å². The Morgan fingerprint density at radius 1 is 1.21 bits per heavy atom. The van der Waals surface area contributed by atoms with Gasteiger partial charge in [0.05, 0.1) is 11.3 Å². The lowest BCUT2D eigenvalue weighted by Crippen LogP contribution is -2.17. The van der Waals surface area contributed by atoms with Gasteiger partial charge in [0, 0.05) is 6.54 Å². The molecular weight excluding hydrogens is 284 g/mol. The molecule has 1 aromatic carbocycles. The van der Waals surface area contributed by atoms with Gasteiger partial charge in [0.1, 0.15) is 4.21 Å². The Balaban J connectivity index is 2.02. The van der Waals surface area contributed by atoms with Crippen molar-refractivity contribution >= 4 is 33.0 Å². The topological polar surface area (TPSA) is 75.3 Å². The molecule has 19 heavy (non-hydrogen) atoms. The van der Waals surface area contributed by atoms with Crippen LogP contribution < -0.4 is 10.0 Å². The highest BCUT2D eigenvalue weighted by Gasteiger charge is 2.25. The molecule has 2 heterocycles. The van der Waals surface area contributed by atoms with E-state index < -0.39 is 10.0 Å². The molecule has 3 rings (SSSR count). The monoisotopic (exact) mass is 294 g/mol. The Labute approximate surface area is 114 Å². The summed E-state index contributed by atoms with van der Waals surface area (Å²) >= 11 is 1.13. The molecule has 1 aliphatic heterocycles. The predicted octanol–water partition coefficient (Wildman–Crippen LogP) is 1.79. The van der Waals surface area contributed by atoms with Crippen LogP contribution >= 0.6 is 11.3 Å². The van der Waals surface area contributed by atoms with Gasteiger partial charge in [-0.3, -0.25) is 9.52 Å². The quantitative estimate of drug-likeness (QED) is 0.906. The van der Waals surface area contributed by atoms with Gasteiger partial charge in [-0.05, 0) is 23.1 Å². The molecule has 0 atom stereocenters. The van der Waals surface area contributed by atoms with Gasteiger partial charge in [-0.1, -0.05) is 18.2 Å². The molecule has 0 saturated carbocycles. The number of amides is 1. The normalized spacial score (nSPS) is 14.0. The van der Waals surface area contributed by atoms with E-state index in [9.17, 15) is 13.2 Å². The Bertz CT molecular complexity index is 736. The second-order valence-corrected chi connectivity index (χ2v) is 6.92. The van der Waals surface area contributed by atoms with Crippen molar-refractivity contribution in [1.29, 1.82) is 0 Å². The molecular formula is C12H10N2O3S2. The van der Waals surface area contributed by atoms with E-state index in [1.165, 1.54) is 6.07 Å². The van der Waals surface area contributed by atoms with Crippen LogP contribution in [0.4, 0.5) is 5.69 Å². The van der Waals surface area contributed by atoms with Crippen molar-refractivity contribution < 1.29 is 13.2 Å². The van der Waals surface area contributed by atoms with Gasteiger partial charge in [0.15, 0.2) is 0 Å². The minimum atomic E-state index is -3.63. The van der Waals surface area contributed by atoms with E-state index in [2.05, 4.69) is 10.0 Å². The summed E-state index contributed by atoms with van der Waals surface area (Å²) < 4.78 is 27.0. The molecule has 0 unspecified atom stereocenters. The summed E-state index contributed by atoms with van der Waals surface area (Å²) in [5.74, 6) is -0.250. The number of carbonyl (C=O) groups is 1. The maximum absolute atomic E-state index is 12.1. The molecule has 0 fully saturated rings. The highest BCUT2D eigenvalue weighted by atomic mass is 32.2. The molecule has 1 aliphatic rings. The smallest absolute Gasteiger partial charge is 0.271 e. The number of fused-ring (bicyclic) bond motifs is 1. The van der Waals surface area contributed by atoms with Crippen LogP contribution in [0.25, 0.3) is 0 Å². The zero-order valence-electron chi connectivity index (χ0n) is 9.71. The van der Waals surface area contributed by atoms with E-state index in [1.54, 1.807) is 29.6 Å². The van der Waals surface area contributed by atoms with Crippen LogP contribution in [0.2, 0.25) is 0 Å². The molecule has 1 aromatic heterocycles. The second kappa shape index (κ2) is 4.36. The lowest BCUT2D eigenvalue weighted by atomic mass is 10.1. The number of rotatable bonds is 3. The summed E-state index contributed by atoms with van der Waals surface area (Å²) in [5.41, 5.74) is 1.53. The fourth-order valence-corrected chi connectivity index (χ4v) is 4.04. The van der Waals surface area contributed by atoms with E-state index in [-0.39, 0.29) is 10.1 Å². The van der Waals surface area contributed by atoms with Crippen LogP contribution in [0.15, 0.2) is 39.9 Å². The Kier molecular flexibility index (Phi) is 2.79. The maximum atomic E-state index is 12.1. The zero-order chi connectivity index (χ0) is 13.5. The Hall–Kier alpha value is -1.86. The lowest BCUT2D eigenvalue weighted by molar-refractivity contribution is 0.0966. The summed E-state index contributed by atoms with van der Waals surface area (Å²) in [5, 5.41) is 4.37. The molecule has 5 nitrogen and oxygen atoms in total. The van der Waals surface area contributed by atoms with Gasteiger partial charge in [0.2, 0.25) is 0 Å². The summed E-state index contributed by atoms with van der Waals surface area (Å²) in [6, 6.07) is 8.31. The summed E-state index contributed by atoms with van der Waals surface area (Å²) in [4.78, 5) is 11.7. The Morgan fingerprint density at radius 3 is 2.79 bits per heavy atom. The number of anilines is 1. The molecule has 0 radical (unpaired) electrons. The summed E-state index contributed by atoms with van der Waals surface area (Å²) in [6.45, 7) is 0.433. The van der Waals surface area contributed by atoms with Crippen LogP contribution in [-0.4, -0.2) is 14.3 Å². The van der Waals surface area contributed by atoms with Crippen LogP contribution in [0, 0.1) is 0 Å². The number of benzene rings is 1. The maximum Gasteiger partial charge on any atom is 0.271 e. The molecule has 0 bridgehead atoms. The van der Waals surface area contributed by atoms with Gasteiger partial charge >= 0.3 is 0 Å². The van der Waals surface area contributed by atoms with E-state index in [0.29, 0.717) is 17.8 Å². The first-order valence-corrected chi connectivity index (χ1v) is 7.90. The number of sulfonamides is 1. The molecule has 1 amide bonds.